The third-order valence-corrected chi connectivity index (χ3v) is 4.32. The standard InChI is InChI=1S/C13H15BrF3NOS/c1-3-20-7-8(2)18-12(19)9-4-5-11(14)10(6-9)13(15,16)17/h4-6,8H,3,7H2,1-2H3,(H,18,19). The number of halogens is 4. The molecular formula is C13H15BrF3NOS. The second-order valence-corrected chi connectivity index (χ2v) is 6.40. The minimum Gasteiger partial charge on any atom is -0.349 e. The zero-order valence-electron chi connectivity index (χ0n) is 11.1. The zero-order valence-corrected chi connectivity index (χ0v) is 13.5. The number of alkyl halides is 3. The van der Waals surface area contributed by atoms with Gasteiger partial charge in [0.1, 0.15) is 0 Å². The number of amides is 1. The van der Waals surface area contributed by atoms with Crippen molar-refractivity contribution in [2.45, 2.75) is 26.1 Å². The lowest BCUT2D eigenvalue weighted by molar-refractivity contribution is -0.138. The van der Waals surface area contributed by atoms with Crippen LogP contribution in [0.2, 0.25) is 0 Å². The summed E-state index contributed by atoms with van der Waals surface area (Å²) < 4.78 is 38.2. The van der Waals surface area contributed by atoms with Crippen LogP contribution in [0.4, 0.5) is 13.2 Å². The molecule has 0 fully saturated rings. The molecule has 0 radical (unpaired) electrons. The molecule has 0 saturated heterocycles. The van der Waals surface area contributed by atoms with Gasteiger partial charge in [-0.05, 0) is 30.9 Å². The maximum atomic E-state index is 12.8. The van der Waals surface area contributed by atoms with Gasteiger partial charge in [0.25, 0.3) is 5.91 Å². The molecule has 1 N–H and O–H groups in total. The van der Waals surface area contributed by atoms with Gasteiger partial charge in [-0.25, -0.2) is 0 Å². The molecule has 1 aromatic rings. The van der Waals surface area contributed by atoms with Crippen LogP contribution in [0, 0.1) is 0 Å². The van der Waals surface area contributed by atoms with Gasteiger partial charge in [-0.2, -0.15) is 24.9 Å². The van der Waals surface area contributed by atoms with Crippen LogP contribution in [0.3, 0.4) is 0 Å². The van der Waals surface area contributed by atoms with E-state index in [-0.39, 0.29) is 16.1 Å². The second kappa shape index (κ2) is 7.36. The van der Waals surface area contributed by atoms with E-state index in [0.29, 0.717) is 0 Å². The molecule has 0 aliphatic heterocycles. The van der Waals surface area contributed by atoms with Crippen molar-refractivity contribution >= 4 is 33.6 Å². The molecule has 1 aromatic carbocycles. The van der Waals surface area contributed by atoms with Crippen molar-refractivity contribution in [1.29, 1.82) is 0 Å². The Kier molecular flexibility index (Phi) is 6.39. The highest BCUT2D eigenvalue weighted by molar-refractivity contribution is 9.10. The number of hydrogen-bond donors (Lipinski definition) is 1. The Bertz CT molecular complexity index is 479. The van der Waals surface area contributed by atoms with Crippen LogP contribution in [-0.4, -0.2) is 23.5 Å². The Hall–Kier alpha value is -0.690. The Morgan fingerprint density at radius 1 is 1.45 bits per heavy atom. The van der Waals surface area contributed by atoms with Gasteiger partial charge in [0.2, 0.25) is 0 Å². The summed E-state index contributed by atoms with van der Waals surface area (Å²) in [4.78, 5) is 11.9. The van der Waals surface area contributed by atoms with Gasteiger partial charge in [-0.15, -0.1) is 0 Å². The fourth-order valence-electron chi connectivity index (χ4n) is 1.53. The molecule has 1 amide bonds. The van der Waals surface area contributed by atoms with Gasteiger partial charge in [-0.3, -0.25) is 4.79 Å². The van der Waals surface area contributed by atoms with E-state index >= 15 is 0 Å². The lowest BCUT2D eigenvalue weighted by atomic mass is 10.1. The highest BCUT2D eigenvalue weighted by atomic mass is 79.9. The van der Waals surface area contributed by atoms with E-state index in [9.17, 15) is 18.0 Å². The average Bonchev–Trinajstić information content (AvgIpc) is 2.35. The minimum atomic E-state index is -4.49. The second-order valence-electron chi connectivity index (χ2n) is 4.23. The van der Waals surface area contributed by atoms with Gasteiger partial charge >= 0.3 is 6.18 Å². The molecule has 1 unspecified atom stereocenters. The van der Waals surface area contributed by atoms with Crippen molar-refractivity contribution in [3.63, 3.8) is 0 Å². The van der Waals surface area contributed by atoms with Gasteiger partial charge in [0.15, 0.2) is 0 Å². The summed E-state index contributed by atoms with van der Waals surface area (Å²) in [5.41, 5.74) is -0.838. The largest absolute Gasteiger partial charge is 0.417 e. The molecule has 0 bridgehead atoms. The summed E-state index contributed by atoms with van der Waals surface area (Å²) in [6, 6.07) is 3.38. The van der Waals surface area contributed by atoms with Gasteiger partial charge in [0.05, 0.1) is 5.56 Å². The topological polar surface area (TPSA) is 29.1 Å². The van der Waals surface area contributed by atoms with Crippen LogP contribution < -0.4 is 5.32 Å². The molecule has 0 aliphatic carbocycles. The smallest absolute Gasteiger partial charge is 0.349 e. The van der Waals surface area contributed by atoms with E-state index in [0.717, 1.165) is 17.6 Å². The van der Waals surface area contributed by atoms with Crippen LogP contribution in [0.5, 0.6) is 0 Å². The third-order valence-electron chi connectivity index (χ3n) is 2.48. The van der Waals surface area contributed by atoms with E-state index in [4.69, 9.17) is 0 Å². The Morgan fingerprint density at radius 2 is 2.10 bits per heavy atom. The minimum absolute atomic E-state index is 0.00822. The van der Waals surface area contributed by atoms with Crippen LogP contribution >= 0.6 is 27.7 Å². The summed E-state index contributed by atoms with van der Waals surface area (Å²) in [5, 5.41) is 2.69. The lowest BCUT2D eigenvalue weighted by Gasteiger charge is -2.15. The molecule has 0 aliphatic rings. The lowest BCUT2D eigenvalue weighted by Crippen LogP contribution is -2.34. The fraction of sp³-hybridized carbons (Fsp3) is 0.462. The summed E-state index contributed by atoms with van der Waals surface area (Å²) in [7, 11) is 0. The number of benzene rings is 1. The molecule has 112 valence electrons. The summed E-state index contributed by atoms with van der Waals surface area (Å²) in [5.74, 6) is 1.16. The highest BCUT2D eigenvalue weighted by Crippen LogP contribution is 2.35. The predicted molar refractivity (Wildman–Crippen MR) is 79.1 cm³/mol. The first-order valence-electron chi connectivity index (χ1n) is 6.01. The molecule has 0 heterocycles. The first kappa shape index (κ1) is 17.4. The first-order chi connectivity index (χ1) is 9.25. The number of nitrogens with one attached hydrogen (secondary N) is 1. The number of thioether (sulfide) groups is 1. The molecule has 0 spiro atoms. The van der Waals surface area contributed by atoms with E-state index in [1.165, 1.54) is 12.1 Å². The van der Waals surface area contributed by atoms with Crippen molar-refractivity contribution in [2.75, 3.05) is 11.5 Å². The summed E-state index contributed by atoms with van der Waals surface area (Å²) >= 11 is 4.51. The normalized spacial score (nSPS) is 13.1. The molecule has 1 atom stereocenters. The monoisotopic (exact) mass is 369 g/mol. The Labute approximate surface area is 128 Å². The van der Waals surface area contributed by atoms with Crippen molar-refractivity contribution < 1.29 is 18.0 Å². The van der Waals surface area contributed by atoms with Gasteiger partial charge < -0.3 is 5.32 Å². The number of carbonyl (C=O) groups is 1. The van der Waals surface area contributed by atoms with Crippen molar-refractivity contribution in [1.82, 2.24) is 5.32 Å². The third kappa shape index (κ3) is 5.01. The van der Waals surface area contributed by atoms with Crippen LogP contribution in [0.15, 0.2) is 22.7 Å². The molecule has 20 heavy (non-hydrogen) atoms. The summed E-state index contributed by atoms with van der Waals surface area (Å²) in [6.07, 6.45) is -4.49. The van der Waals surface area contributed by atoms with Crippen LogP contribution in [0.25, 0.3) is 0 Å². The Balaban J connectivity index is 2.84. The SMILES string of the molecule is CCSCC(C)NC(=O)c1ccc(Br)c(C(F)(F)F)c1. The van der Waals surface area contributed by atoms with Crippen LogP contribution in [0.1, 0.15) is 29.8 Å². The van der Waals surface area contributed by atoms with Gasteiger partial charge in [0, 0.05) is 21.8 Å². The molecule has 0 saturated carbocycles. The molecule has 0 aromatic heterocycles. The van der Waals surface area contributed by atoms with E-state index in [1.807, 2.05) is 13.8 Å². The predicted octanol–water partition coefficient (Wildman–Crippen LogP) is 4.34. The number of hydrogen-bond acceptors (Lipinski definition) is 2. The molecular weight excluding hydrogens is 355 g/mol. The summed E-state index contributed by atoms with van der Waals surface area (Å²) in [6.45, 7) is 3.83. The first-order valence-corrected chi connectivity index (χ1v) is 7.95. The zero-order chi connectivity index (χ0) is 15.3. The Morgan fingerprint density at radius 3 is 2.65 bits per heavy atom. The van der Waals surface area contributed by atoms with E-state index in [1.54, 1.807) is 11.8 Å². The molecule has 7 heteroatoms. The van der Waals surface area contributed by atoms with E-state index < -0.39 is 17.6 Å². The number of rotatable bonds is 5. The van der Waals surface area contributed by atoms with Crippen molar-refractivity contribution in [2.24, 2.45) is 0 Å². The maximum Gasteiger partial charge on any atom is 0.417 e. The quantitative estimate of drug-likeness (QED) is 0.836. The van der Waals surface area contributed by atoms with E-state index in [2.05, 4.69) is 21.2 Å². The van der Waals surface area contributed by atoms with Gasteiger partial charge in [-0.1, -0.05) is 22.9 Å². The molecule has 1 rings (SSSR count). The van der Waals surface area contributed by atoms with Crippen molar-refractivity contribution in [3.8, 4) is 0 Å². The fourth-order valence-corrected chi connectivity index (χ4v) is 2.67. The number of carbonyl (C=O) groups excluding carboxylic acids is 1. The average molecular weight is 370 g/mol. The van der Waals surface area contributed by atoms with Crippen LogP contribution in [-0.2, 0) is 6.18 Å². The van der Waals surface area contributed by atoms with Crippen molar-refractivity contribution in [3.05, 3.63) is 33.8 Å². The highest BCUT2D eigenvalue weighted by Gasteiger charge is 2.33. The molecule has 2 nitrogen and oxygen atoms in total. The maximum absolute atomic E-state index is 12.8.